The van der Waals surface area contributed by atoms with Crippen molar-refractivity contribution >= 4 is 29.9 Å². The third kappa shape index (κ3) is 3.42. The molecule has 0 bridgehead atoms. The van der Waals surface area contributed by atoms with Crippen molar-refractivity contribution < 1.29 is 0 Å². The minimum absolute atomic E-state index is 0. The molecule has 3 rings (SSSR count). The lowest BCUT2D eigenvalue weighted by Crippen LogP contribution is -2.47. The molecule has 0 radical (unpaired) electrons. The van der Waals surface area contributed by atoms with Crippen LogP contribution in [0.1, 0.15) is 58.3 Å². The summed E-state index contributed by atoms with van der Waals surface area (Å²) in [6, 6.07) is 0. The van der Waals surface area contributed by atoms with E-state index in [1.807, 2.05) is 7.05 Å². The quantitative estimate of drug-likeness (QED) is 0.413. The Morgan fingerprint density at radius 1 is 1.10 bits per heavy atom. The second-order valence-electron chi connectivity index (χ2n) is 7.12. The van der Waals surface area contributed by atoms with E-state index in [-0.39, 0.29) is 24.0 Å². The molecule has 0 unspecified atom stereocenters. The highest BCUT2D eigenvalue weighted by Gasteiger charge is 2.53. The molecule has 116 valence electrons. The molecule has 3 aliphatic rings. The second-order valence-corrected chi connectivity index (χ2v) is 7.12. The molecular weight excluding hydrogens is 361 g/mol. The molecule has 0 aromatic carbocycles. The molecular formula is C16H30IN3. The van der Waals surface area contributed by atoms with E-state index in [9.17, 15) is 0 Å². The van der Waals surface area contributed by atoms with Crippen molar-refractivity contribution in [1.29, 1.82) is 0 Å². The summed E-state index contributed by atoms with van der Waals surface area (Å²) < 4.78 is 0. The maximum atomic E-state index is 4.39. The SMILES string of the molecule is CCC1(CNC(=NC)NCC2(C3CC3)CC2)CCC1.I. The van der Waals surface area contributed by atoms with Crippen molar-refractivity contribution in [2.75, 3.05) is 20.1 Å². The molecule has 3 fully saturated rings. The maximum absolute atomic E-state index is 4.39. The highest BCUT2D eigenvalue weighted by molar-refractivity contribution is 14.0. The van der Waals surface area contributed by atoms with Crippen LogP contribution < -0.4 is 10.6 Å². The highest BCUT2D eigenvalue weighted by atomic mass is 127. The number of nitrogens with zero attached hydrogens (tertiary/aromatic N) is 1. The van der Waals surface area contributed by atoms with Gasteiger partial charge in [-0.2, -0.15) is 0 Å². The third-order valence-corrected chi connectivity index (χ3v) is 5.96. The molecule has 0 aromatic heterocycles. The Balaban J connectivity index is 0.00000147. The number of nitrogens with one attached hydrogen (secondary N) is 2. The summed E-state index contributed by atoms with van der Waals surface area (Å²) in [6.45, 7) is 4.55. The van der Waals surface area contributed by atoms with Crippen LogP contribution in [0.15, 0.2) is 4.99 Å². The number of hydrogen-bond donors (Lipinski definition) is 2. The molecule has 3 saturated carbocycles. The van der Waals surface area contributed by atoms with Crippen molar-refractivity contribution in [3.8, 4) is 0 Å². The van der Waals surface area contributed by atoms with Gasteiger partial charge in [0.15, 0.2) is 5.96 Å². The zero-order valence-electron chi connectivity index (χ0n) is 13.0. The Kier molecular flexibility index (Phi) is 5.24. The molecule has 0 aliphatic heterocycles. The summed E-state index contributed by atoms with van der Waals surface area (Å²) in [7, 11) is 1.89. The molecule has 3 aliphatic carbocycles. The molecule has 2 N–H and O–H groups in total. The monoisotopic (exact) mass is 391 g/mol. The predicted molar refractivity (Wildman–Crippen MR) is 95.7 cm³/mol. The Morgan fingerprint density at radius 3 is 2.15 bits per heavy atom. The number of halogens is 1. The first-order valence-electron chi connectivity index (χ1n) is 8.17. The van der Waals surface area contributed by atoms with Gasteiger partial charge in [0.1, 0.15) is 0 Å². The van der Waals surface area contributed by atoms with E-state index in [1.165, 1.54) is 51.4 Å². The molecule has 3 nitrogen and oxygen atoms in total. The summed E-state index contributed by atoms with van der Waals surface area (Å²) >= 11 is 0. The van der Waals surface area contributed by atoms with E-state index in [0.717, 1.165) is 25.0 Å². The van der Waals surface area contributed by atoms with Crippen LogP contribution in [-0.4, -0.2) is 26.1 Å². The lowest BCUT2D eigenvalue weighted by atomic mass is 9.67. The topological polar surface area (TPSA) is 36.4 Å². The Morgan fingerprint density at radius 2 is 1.75 bits per heavy atom. The van der Waals surface area contributed by atoms with Crippen LogP contribution >= 0.6 is 24.0 Å². The number of guanidine groups is 1. The first-order valence-corrected chi connectivity index (χ1v) is 8.17. The van der Waals surface area contributed by atoms with Gasteiger partial charge >= 0.3 is 0 Å². The first kappa shape index (κ1) is 16.4. The van der Waals surface area contributed by atoms with Crippen LogP contribution in [0, 0.1) is 16.7 Å². The molecule has 0 amide bonds. The molecule has 0 aromatic rings. The zero-order chi connectivity index (χ0) is 13.3. The third-order valence-electron chi connectivity index (χ3n) is 5.96. The van der Waals surface area contributed by atoms with Crippen LogP contribution in [0.25, 0.3) is 0 Å². The fourth-order valence-electron chi connectivity index (χ4n) is 3.67. The van der Waals surface area contributed by atoms with E-state index in [1.54, 1.807) is 0 Å². The van der Waals surface area contributed by atoms with Gasteiger partial charge in [0.25, 0.3) is 0 Å². The molecule has 20 heavy (non-hydrogen) atoms. The Bertz CT molecular complexity index is 341. The summed E-state index contributed by atoms with van der Waals surface area (Å²) in [6.07, 6.45) is 11.3. The lowest BCUT2D eigenvalue weighted by molar-refractivity contribution is 0.131. The largest absolute Gasteiger partial charge is 0.356 e. The van der Waals surface area contributed by atoms with E-state index in [0.29, 0.717) is 10.8 Å². The van der Waals surface area contributed by atoms with E-state index < -0.39 is 0 Å². The van der Waals surface area contributed by atoms with E-state index in [4.69, 9.17) is 0 Å². The van der Waals surface area contributed by atoms with Gasteiger partial charge in [0, 0.05) is 20.1 Å². The van der Waals surface area contributed by atoms with Gasteiger partial charge in [-0.25, -0.2) is 0 Å². The van der Waals surface area contributed by atoms with Crippen molar-refractivity contribution in [3.05, 3.63) is 0 Å². The Hall–Kier alpha value is 0. The Labute approximate surface area is 140 Å². The van der Waals surface area contributed by atoms with Crippen LogP contribution in [0.2, 0.25) is 0 Å². The first-order chi connectivity index (χ1) is 9.22. The minimum atomic E-state index is 0. The van der Waals surface area contributed by atoms with E-state index >= 15 is 0 Å². The van der Waals surface area contributed by atoms with E-state index in [2.05, 4.69) is 22.5 Å². The summed E-state index contributed by atoms with van der Waals surface area (Å²) in [5.74, 6) is 2.04. The zero-order valence-corrected chi connectivity index (χ0v) is 15.3. The van der Waals surface area contributed by atoms with Crippen LogP contribution in [0.5, 0.6) is 0 Å². The van der Waals surface area contributed by atoms with Crippen molar-refractivity contribution in [1.82, 2.24) is 10.6 Å². The minimum Gasteiger partial charge on any atom is -0.356 e. The van der Waals surface area contributed by atoms with Gasteiger partial charge in [-0.15, -0.1) is 24.0 Å². The van der Waals surface area contributed by atoms with Gasteiger partial charge in [0.05, 0.1) is 0 Å². The van der Waals surface area contributed by atoms with Crippen LogP contribution in [0.3, 0.4) is 0 Å². The lowest BCUT2D eigenvalue weighted by Gasteiger charge is -2.41. The molecule has 0 heterocycles. The van der Waals surface area contributed by atoms with Crippen LogP contribution in [0.4, 0.5) is 0 Å². The maximum Gasteiger partial charge on any atom is 0.191 e. The molecule has 0 spiro atoms. The predicted octanol–water partition coefficient (Wildman–Crippen LogP) is 3.54. The molecule has 0 atom stereocenters. The van der Waals surface area contributed by atoms with Crippen molar-refractivity contribution in [2.24, 2.45) is 21.7 Å². The average molecular weight is 391 g/mol. The van der Waals surface area contributed by atoms with Gasteiger partial charge in [0.2, 0.25) is 0 Å². The number of rotatable bonds is 6. The highest BCUT2D eigenvalue weighted by Crippen LogP contribution is 2.60. The molecule has 4 heteroatoms. The van der Waals surface area contributed by atoms with Gasteiger partial charge < -0.3 is 10.6 Å². The van der Waals surface area contributed by atoms with Crippen molar-refractivity contribution in [3.63, 3.8) is 0 Å². The second kappa shape index (κ2) is 6.41. The fourth-order valence-corrected chi connectivity index (χ4v) is 3.67. The summed E-state index contributed by atoms with van der Waals surface area (Å²) in [5.41, 5.74) is 1.21. The van der Waals surface area contributed by atoms with Gasteiger partial charge in [-0.3, -0.25) is 4.99 Å². The number of aliphatic imine (C=N–C) groups is 1. The summed E-state index contributed by atoms with van der Waals surface area (Å²) in [5, 5.41) is 7.14. The van der Waals surface area contributed by atoms with Crippen LogP contribution in [-0.2, 0) is 0 Å². The fraction of sp³-hybridized carbons (Fsp3) is 0.938. The number of hydrogen-bond acceptors (Lipinski definition) is 1. The van der Waals surface area contributed by atoms with Gasteiger partial charge in [-0.05, 0) is 61.7 Å². The summed E-state index contributed by atoms with van der Waals surface area (Å²) in [4.78, 5) is 4.39. The van der Waals surface area contributed by atoms with Gasteiger partial charge in [-0.1, -0.05) is 13.3 Å². The molecule has 0 saturated heterocycles. The van der Waals surface area contributed by atoms with Crippen molar-refractivity contribution in [2.45, 2.75) is 58.3 Å². The average Bonchev–Trinajstić information content (AvgIpc) is 3.25. The smallest absolute Gasteiger partial charge is 0.191 e. The standard InChI is InChI=1S/C16H29N3.HI/c1-3-15(7-4-8-15)11-18-14(17-2)19-12-16(9-10-16)13-5-6-13;/h13H,3-12H2,1-2H3,(H2,17,18,19);1H. The normalized spacial score (nSPS) is 26.2.